The molecule has 0 aliphatic carbocycles. The number of nitrogens with zero attached hydrogens (tertiary/aromatic N) is 2. The van der Waals surface area contributed by atoms with Gasteiger partial charge in [-0.25, -0.2) is 8.42 Å². The highest BCUT2D eigenvalue weighted by Crippen LogP contribution is 2.33. The van der Waals surface area contributed by atoms with Gasteiger partial charge in [-0.15, -0.1) is 0 Å². The molecule has 6 heteroatoms. The van der Waals surface area contributed by atoms with E-state index < -0.39 is 10.0 Å². The SMILES string of the molecule is CN(C)c1ccc(S(=O)(=O)N2CCC(c3ccccc3)CC2)cc1Br. The van der Waals surface area contributed by atoms with Crippen LogP contribution in [-0.4, -0.2) is 39.9 Å². The van der Waals surface area contributed by atoms with Crippen LogP contribution in [0.4, 0.5) is 5.69 Å². The molecule has 0 radical (unpaired) electrons. The Kier molecular flexibility index (Phi) is 5.51. The number of rotatable bonds is 4. The van der Waals surface area contributed by atoms with Gasteiger partial charge in [0.25, 0.3) is 0 Å². The predicted octanol–water partition coefficient (Wildman–Crippen LogP) is 4.08. The molecule has 1 aliphatic heterocycles. The Balaban J connectivity index is 1.75. The highest BCUT2D eigenvalue weighted by Gasteiger charge is 2.30. The molecule has 2 aromatic rings. The Morgan fingerprint density at radius 3 is 2.24 bits per heavy atom. The molecular formula is C19H23BrN2O2S. The van der Waals surface area contributed by atoms with Gasteiger partial charge in [0.05, 0.1) is 10.6 Å². The molecule has 0 N–H and O–H groups in total. The summed E-state index contributed by atoms with van der Waals surface area (Å²) in [5.74, 6) is 0.440. The summed E-state index contributed by atoms with van der Waals surface area (Å²) < 4.78 is 28.3. The fourth-order valence-corrected chi connectivity index (χ4v) is 5.70. The van der Waals surface area contributed by atoms with E-state index >= 15 is 0 Å². The number of piperidine rings is 1. The predicted molar refractivity (Wildman–Crippen MR) is 106 cm³/mol. The molecule has 0 unspecified atom stereocenters. The van der Waals surface area contributed by atoms with Gasteiger partial charge in [0, 0.05) is 31.7 Å². The molecule has 1 saturated heterocycles. The van der Waals surface area contributed by atoms with Crippen molar-refractivity contribution >= 4 is 31.6 Å². The van der Waals surface area contributed by atoms with Gasteiger partial charge in [-0.3, -0.25) is 0 Å². The van der Waals surface area contributed by atoms with Crippen LogP contribution >= 0.6 is 15.9 Å². The fraction of sp³-hybridized carbons (Fsp3) is 0.368. The normalized spacial score (nSPS) is 16.8. The molecule has 1 aliphatic rings. The lowest BCUT2D eigenvalue weighted by molar-refractivity contribution is 0.319. The third-order valence-electron chi connectivity index (χ3n) is 4.76. The van der Waals surface area contributed by atoms with Gasteiger partial charge in [0.2, 0.25) is 10.0 Å². The van der Waals surface area contributed by atoms with Crippen LogP contribution in [0.3, 0.4) is 0 Å². The lowest BCUT2D eigenvalue weighted by Crippen LogP contribution is -2.37. The smallest absolute Gasteiger partial charge is 0.243 e. The minimum absolute atomic E-state index is 0.350. The number of halogens is 1. The molecule has 0 atom stereocenters. The van der Waals surface area contributed by atoms with Crippen LogP contribution in [0.15, 0.2) is 57.9 Å². The van der Waals surface area contributed by atoms with Crippen molar-refractivity contribution < 1.29 is 8.42 Å². The second kappa shape index (κ2) is 7.48. The minimum Gasteiger partial charge on any atom is -0.377 e. The molecule has 0 bridgehead atoms. The Morgan fingerprint density at radius 2 is 1.68 bits per heavy atom. The molecular weight excluding hydrogens is 400 g/mol. The standard InChI is InChI=1S/C19H23BrN2O2S/c1-21(2)19-9-8-17(14-18(19)20)25(23,24)22-12-10-16(11-13-22)15-6-4-3-5-7-15/h3-9,14,16H,10-13H2,1-2H3. The van der Waals surface area contributed by atoms with Gasteiger partial charge in [0.1, 0.15) is 0 Å². The number of anilines is 1. The van der Waals surface area contributed by atoms with E-state index in [2.05, 4.69) is 28.1 Å². The van der Waals surface area contributed by atoms with Crippen LogP contribution in [0.1, 0.15) is 24.3 Å². The minimum atomic E-state index is -3.45. The van der Waals surface area contributed by atoms with Crippen LogP contribution in [0.2, 0.25) is 0 Å². The fourth-order valence-electron chi connectivity index (χ4n) is 3.31. The Labute approximate surface area is 158 Å². The van der Waals surface area contributed by atoms with Crippen LogP contribution in [0, 0.1) is 0 Å². The van der Waals surface area contributed by atoms with Gasteiger partial charge in [0.15, 0.2) is 0 Å². The monoisotopic (exact) mass is 422 g/mol. The average Bonchev–Trinajstić information content (AvgIpc) is 2.62. The van der Waals surface area contributed by atoms with Crippen molar-refractivity contribution in [3.8, 4) is 0 Å². The first-order chi connectivity index (χ1) is 11.9. The van der Waals surface area contributed by atoms with Gasteiger partial charge < -0.3 is 4.90 Å². The number of sulfonamides is 1. The molecule has 1 heterocycles. The van der Waals surface area contributed by atoms with Crippen molar-refractivity contribution in [3.05, 3.63) is 58.6 Å². The third-order valence-corrected chi connectivity index (χ3v) is 7.29. The topological polar surface area (TPSA) is 40.6 Å². The zero-order valence-corrected chi connectivity index (χ0v) is 16.9. The molecule has 2 aromatic carbocycles. The summed E-state index contributed by atoms with van der Waals surface area (Å²) >= 11 is 3.48. The number of hydrogen-bond donors (Lipinski definition) is 0. The van der Waals surface area contributed by atoms with Gasteiger partial charge in [-0.2, -0.15) is 4.31 Å². The molecule has 4 nitrogen and oxygen atoms in total. The molecule has 3 rings (SSSR count). The average molecular weight is 423 g/mol. The highest BCUT2D eigenvalue weighted by atomic mass is 79.9. The summed E-state index contributed by atoms with van der Waals surface area (Å²) in [7, 11) is 0.419. The summed E-state index contributed by atoms with van der Waals surface area (Å²) in [5, 5.41) is 0. The van der Waals surface area contributed by atoms with Crippen LogP contribution < -0.4 is 4.90 Å². The molecule has 1 fully saturated rings. The van der Waals surface area contributed by atoms with E-state index in [0.29, 0.717) is 23.9 Å². The lowest BCUT2D eigenvalue weighted by Gasteiger charge is -2.31. The van der Waals surface area contributed by atoms with Crippen molar-refractivity contribution in [1.29, 1.82) is 0 Å². The molecule has 134 valence electrons. The highest BCUT2D eigenvalue weighted by molar-refractivity contribution is 9.10. The van der Waals surface area contributed by atoms with Gasteiger partial charge in [-0.1, -0.05) is 30.3 Å². The van der Waals surface area contributed by atoms with Crippen molar-refractivity contribution in [2.24, 2.45) is 0 Å². The van der Waals surface area contributed by atoms with E-state index in [9.17, 15) is 8.42 Å². The molecule has 0 aromatic heterocycles. The molecule has 0 saturated carbocycles. The Bertz CT molecular complexity index is 830. The third kappa shape index (κ3) is 3.91. The van der Waals surface area contributed by atoms with E-state index in [1.165, 1.54) is 5.56 Å². The summed E-state index contributed by atoms with van der Waals surface area (Å²) in [5.41, 5.74) is 2.26. The first-order valence-electron chi connectivity index (χ1n) is 8.41. The van der Waals surface area contributed by atoms with E-state index in [0.717, 1.165) is 23.0 Å². The first-order valence-corrected chi connectivity index (χ1v) is 10.6. The quantitative estimate of drug-likeness (QED) is 0.744. The molecule has 0 amide bonds. The first kappa shape index (κ1) is 18.4. The second-order valence-electron chi connectivity index (χ2n) is 6.60. The van der Waals surface area contributed by atoms with Crippen molar-refractivity contribution in [2.75, 3.05) is 32.1 Å². The molecule has 25 heavy (non-hydrogen) atoms. The Hall–Kier alpha value is -1.37. The van der Waals surface area contributed by atoms with Gasteiger partial charge >= 0.3 is 0 Å². The maximum absolute atomic E-state index is 13.0. The van der Waals surface area contributed by atoms with E-state index in [1.54, 1.807) is 16.4 Å². The summed E-state index contributed by atoms with van der Waals surface area (Å²) in [4.78, 5) is 2.30. The van der Waals surface area contributed by atoms with Crippen molar-refractivity contribution in [2.45, 2.75) is 23.7 Å². The van der Waals surface area contributed by atoms with Gasteiger partial charge in [-0.05, 0) is 58.5 Å². The van der Waals surface area contributed by atoms with Crippen LogP contribution in [-0.2, 0) is 10.0 Å². The van der Waals surface area contributed by atoms with Crippen molar-refractivity contribution in [1.82, 2.24) is 4.31 Å². The van der Waals surface area contributed by atoms with Crippen LogP contribution in [0.5, 0.6) is 0 Å². The zero-order chi connectivity index (χ0) is 18.0. The lowest BCUT2D eigenvalue weighted by atomic mass is 9.90. The Morgan fingerprint density at radius 1 is 1.04 bits per heavy atom. The summed E-state index contributed by atoms with van der Waals surface area (Å²) in [6, 6.07) is 15.6. The summed E-state index contributed by atoms with van der Waals surface area (Å²) in [6.07, 6.45) is 1.72. The van der Waals surface area contributed by atoms with Crippen LogP contribution in [0.25, 0.3) is 0 Å². The van der Waals surface area contributed by atoms with Crippen molar-refractivity contribution in [3.63, 3.8) is 0 Å². The number of benzene rings is 2. The maximum Gasteiger partial charge on any atom is 0.243 e. The largest absolute Gasteiger partial charge is 0.377 e. The number of hydrogen-bond acceptors (Lipinski definition) is 3. The zero-order valence-electron chi connectivity index (χ0n) is 14.5. The molecule has 0 spiro atoms. The van der Waals surface area contributed by atoms with E-state index in [-0.39, 0.29) is 0 Å². The second-order valence-corrected chi connectivity index (χ2v) is 9.39. The summed E-state index contributed by atoms with van der Waals surface area (Å²) in [6.45, 7) is 1.13. The van der Waals surface area contributed by atoms with E-state index in [1.807, 2.05) is 43.3 Å². The maximum atomic E-state index is 13.0. The van der Waals surface area contributed by atoms with E-state index in [4.69, 9.17) is 0 Å².